The fourth-order valence-corrected chi connectivity index (χ4v) is 1.74. The van der Waals surface area contributed by atoms with Gasteiger partial charge in [-0.05, 0) is 0 Å². The number of hydrogen-bond acceptors (Lipinski definition) is 7. The van der Waals surface area contributed by atoms with Gasteiger partial charge in [0.25, 0.3) is 5.69 Å². The van der Waals surface area contributed by atoms with Gasteiger partial charge >= 0.3 is 0 Å². The maximum atomic E-state index is 10.8. The van der Waals surface area contributed by atoms with E-state index in [0.29, 0.717) is 11.6 Å². The molecule has 0 fully saturated rings. The lowest BCUT2D eigenvalue weighted by molar-refractivity contribution is -0.384. The van der Waals surface area contributed by atoms with Crippen LogP contribution in [0.3, 0.4) is 0 Å². The Hall–Kier alpha value is -1.94. The molecule has 3 N–H and O–H groups in total. The number of rotatable bonds is 7. The Bertz CT molecular complexity index is 560. The van der Waals surface area contributed by atoms with Gasteiger partial charge in [-0.15, -0.1) is 0 Å². The first-order valence-electron chi connectivity index (χ1n) is 5.34. The molecule has 1 rings (SSSR count). The van der Waals surface area contributed by atoms with Crippen LogP contribution in [0.1, 0.15) is 0 Å². The molecule has 1 heterocycles. The Balaban J connectivity index is 2.67. The Kier molecular flexibility index (Phi) is 5.01. The van der Waals surface area contributed by atoms with Crippen LogP contribution in [-0.2, 0) is 10.0 Å². The summed E-state index contributed by atoms with van der Waals surface area (Å²) >= 11 is 0. The van der Waals surface area contributed by atoms with Gasteiger partial charge in [0.2, 0.25) is 10.0 Å². The zero-order valence-electron chi connectivity index (χ0n) is 10.5. The molecule has 0 bridgehead atoms. The molecule has 0 radical (unpaired) electrons. The van der Waals surface area contributed by atoms with Crippen LogP contribution in [0.5, 0.6) is 0 Å². The van der Waals surface area contributed by atoms with Crippen molar-refractivity contribution in [2.75, 3.05) is 37.0 Å². The fourth-order valence-electron chi connectivity index (χ4n) is 1.27. The second-order valence-corrected chi connectivity index (χ2v) is 5.53. The second-order valence-electron chi connectivity index (χ2n) is 3.70. The van der Waals surface area contributed by atoms with E-state index in [1.807, 2.05) is 0 Å². The molecule has 0 unspecified atom stereocenters. The molecule has 0 atom stereocenters. The lowest BCUT2D eigenvalue weighted by Gasteiger charge is -2.07. The summed E-state index contributed by atoms with van der Waals surface area (Å²) in [5.74, 6) is 0.654. The third kappa shape index (κ3) is 5.48. The zero-order valence-corrected chi connectivity index (χ0v) is 11.3. The van der Waals surface area contributed by atoms with Crippen LogP contribution in [0.15, 0.2) is 12.1 Å². The van der Waals surface area contributed by atoms with Crippen LogP contribution in [0.2, 0.25) is 0 Å². The standard InChI is InChI=1S/C9H15N5O4S/c1-10-8-5-7(14(15)16)6-9(13-8)11-3-4-12-19(2,17)18/h5-6,12H,3-4H2,1-2H3,(H2,10,11,13). The Morgan fingerprint density at radius 2 is 1.95 bits per heavy atom. The van der Waals surface area contributed by atoms with Crippen molar-refractivity contribution >= 4 is 27.3 Å². The molecule has 0 saturated heterocycles. The number of aromatic nitrogens is 1. The van der Waals surface area contributed by atoms with Gasteiger partial charge in [0.1, 0.15) is 11.6 Å². The topological polar surface area (TPSA) is 126 Å². The maximum absolute atomic E-state index is 10.8. The quantitative estimate of drug-likeness (QED) is 0.366. The average molecular weight is 289 g/mol. The van der Waals surface area contributed by atoms with Crippen molar-refractivity contribution in [3.63, 3.8) is 0 Å². The molecule has 1 aromatic rings. The predicted molar refractivity (Wildman–Crippen MR) is 71.8 cm³/mol. The largest absolute Gasteiger partial charge is 0.373 e. The minimum Gasteiger partial charge on any atom is -0.373 e. The number of nitrogens with zero attached hydrogens (tertiary/aromatic N) is 2. The fraction of sp³-hybridized carbons (Fsp3) is 0.444. The van der Waals surface area contributed by atoms with Gasteiger partial charge in [0.05, 0.1) is 23.3 Å². The van der Waals surface area contributed by atoms with E-state index in [4.69, 9.17) is 0 Å². The lowest BCUT2D eigenvalue weighted by atomic mass is 10.3. The number of pyridine rings is 1. The van der Waals surface area contributed by atoms with E-state index in [2.05, 4.69) is 20.3 Å². The molecule has 19 heavy (non-hydrogen) atoms. The highest BCUT2D eigenvalue weighted by Crippen LogP contribution is 2.19. The van der Waals surface area contributed by atoms with Crippen molar-refractivity contribution in [2.45, 2.75) is 0 Å². The highest BCUT2D eigenvalue weighted by molar-refractivity contribution is 7.88. The van der Waals surface area contributed by atoms with Crippen LogP contribution < -0.4 is 15.4 Å². The minimum absolute atomic E-state index is 0.0991. The molecule has 0 amide bonds. The zero-order chi connectivity index (χ0) is 14.5. The molecular weight excluding hydrogens is 274 g/mol. The van der Waals surface area contributed by atoms with E-state index < -0.39 is 14.9 Å². The summed E-state index contributed by atoms with van der Waals surface area (Å²) in [6, 6.07) is 2.58. The van der Waals surface area contributed by atoms with E-state index in [9.17, 15) is 18.5 Å². The Morgan fingerprint density at radius 1 is 1.32 bits per heavy atom. The molecule has 0 aliphatic rings. The highest BCUT2D eigenvalue weighted by atomic mass is 32.2. The van der Waals surface area contributed by atoms with Gasteiger partial charge in [-0.3, -0.25) is 10.1 Å². The van der Waals surface area contributed by atoms with E-state index >= 15 is 0 Å². The molecule has 0 aliphatic carbocycles. The van der Waals surface area contributed by atoms with E-state index in [-0.39, 0.29) is 18.8 Å². The van der Waals surface area contributed by atoms with Gasteiger partial charge in [-0.25, -0.2) is 18.1 Å². The van der Waals surface area contributed by atoms with Crippen LogP contribution in [0, 0.1) is 10.1 Å². The van der Waals surface area contributed by atoms with Gasteiger partial charge < -0.3 is 10.6 Å². The van der Waals surface area contributed by atoms with Crippen molar-refractivity contribution < 1.29 is 13.3 Å². The number of anilines is 2. The first kappa shape index (κ1) is 15.1. The maximum Gasteiger partial charge on any atom is 0.276 e. The van der Waals surface area contributed by atoms with Crippen molar-refractivity contribution in [1.29, 1.82) is 0 Å². The minimum atomic E-state index is -3.24. The summed E-state index contributed by atoms with van der Waals surface area (Å²) in [4.78, 5) is 14.3. The summed E-state index contributed by atoms with van der Waals surface area (Å²) in [6.07, 6.45) is 1.05. The average Bonchev–Trinajstić information content (AvgIpc) is 2.33. The molecule has 1 aromatic heterocycles. The predicted octanol–water partition coefficient (Wildman–Crippen LogP) is -0.00740. The van der Waals surface area contributed by atoms with Gasteiger partial charge in [-0.1, -0.05) is 0 Å². The van der Waals surface area contributed by atoms with Crippen molar-refractivity contribution in [2.24, 2.45) is 0 Å². The number of hydrogen-bond donors (Lipinski definition) is 3. The molecule has 0 aromatic carbocycles. The number of nitrogens with one attached hydrogen (secondary N) is 3. The van der Waals surface area contributed by atoms with E-state index in [1.54, 1.807) is 7.05 Å². The van der Waals surface area contributed by atoms with Crippen molar-refractivity contribution in [3.8, 4) is 0 Å². The van der Waals surface area contributed by atoms with E-state index in [0.717, 1.165) is 6.26 Å². The van der Waals surface area contributed by atoms with Crippen LogP contribution in [-0.4, -0.2) is 44.7 Å². The molecule has 10 heteroatoms. The molecule has 106 valence electrons. The van der Waals surface area contributed by atoms with Gasteiger partial charge in [-0.2, -0.15) is 0 Å². The Labute approximate surface area is 110 Å². The molecule has 9 nitrogen and oxygen atoms in total. The summed E-state index contributed by atoms with van der Waals surface area (Å²) in [6.45, 7) is 0.433. The third-order valence-electron chi connectivity index (χ3n) is 2.07. The van der Waals surface area contributed by atoms with Gasteiger partial charge in [0.15, 0.2) is 0 Å². The molecule has 0 spiro atoms. The first-order valence-corrected chi connectivity index (χ1v) is 7.23. The van der Waals surface area contributed by atoms with Crippen molar-refractivity contribution in [3.05, 3.63) is 22.2 Å². The summed E-state index contributed by atoms with van der Waals surface area (Å²) < 4.78 is 24.0. The van der Waals surface area contributed by atoms with Crippen LogP contribution in [0.4, 0.5) is 17.3 Å². The van der Waals surface area contributed by atoms with Crippen LogP contribution >= 0.6 is 0 Å². The summed E-state index contributed by atoms with van der Waals surface area (Å²) in [5, 5.41) is 16.2. The molecule has 0 saturated carbocycles. The normalized spacial score (nSPS) is 11.1. The SMILES string of the molecule is CNc1cc([N+](=O)[O-])cc(NCCNS(C)(=O)=O)n1. The molecular formula is C9H15N5O4S. The molecule has 0 aliphatic heterocycles. The smallest absolute Gasteiger partial charge is 0.276 e. The summed E-state index contributed by atoms with van der Waals surface area (Å²) in [7, 11) is -1.65. The van der Waals surface area contributed by atoms with E-state index in [1.165, 1.54) is 12.1 Å². The second kappa shape index (κ2) is 6.29. The first-order chi connectivity index (χ1) is 8.81. The van der Waals surface area contributed by atoms with Gasteiger partial charge in [0, 0.05) is 20.1 Å². The highest BCUT2D eigenvalue weighted by Gasteiger charge is 2.10. The van der Waals surface area contributed by atoms with Crippen molar-refractivity contribution in [1.82, 2.24) is 9.71 Å². The monoisotopic (exact) mass is 289 g/mol. The van der Waals surface area contributed by atoms with Crippen LogP contribution in [0.25, 0.3) is 0 Å². The number of sulfonamides is 1. The Morgan fingerprint density at radius 3 is 2.47 bits per heavy atom. The third-order valence-corrected chi connectivity index (χ3v) is 2.80. The lowest BCUT2D eigenvalue weighted by Crippen LogP contribution is -2.27. The summed E-state index contributed by atoms with van der Waals surface area (Å²) in [5.41, 5.74) is -0.0991. The number of nitro groups is 1.